The molecule has 0 unspecified atom stereocenters. The van der Waals surface area contributed by atoms with Crippen molar-refractivity contribution in [3.05, 3.63) is 28.7 Å². The number of carboxylic acids is 1. The monoisotopic (exact) mass is 313 g/mol. The molecule has 0 atom stereocenters. The van der Waals surface area contributed by atoms with E-state index in [1.165, 1.54) is 0 Å². The van der Waals surface area contributed by atoms with E-state index in [1.807, 2.05) is 18.2 Å². The zero-order valence-electron chi connectivity index (χ0n) is 10.4. The van der Waals surface area contributed by atoms with Gasteiger partial charge in [-0.05, 0) is 33.5 Å². The third kappa shape index (κ3) is 4.87. The number of carbonyl (C=O) groups is 2. The molecule has 0 aliphatic carbocycles. The molecule has 0 bridgehead atoms. The first-order chi connectivity index (χ1) is 8.30. The summed E-state index contributed by atoms with van der Waals surface area (Å²) in [6, 6.07) is 7.29. The van der Waals surface area contributed by atoms with Crippen LogP contribution in [0.4, 0.5) is 5.69 Å². The van der Waals surface area contributed by atoms with E-state index in [1.54, 1.807) is 19.9 Å². The molecule has 18 heavy (non-hydrogen) atoms. The average Bonchev–Trinajstić information content (AvgIpc) is 2.18. The second-order valence-corrected chi connectivity index (χ2v) is 5.79. The second kappa shape index (κ2) is 6.00. The molecule has 0 radical (unpaired) electrons. The molecule has 0 saturated carbocycles. The Morgan fingerprint density at radius 3 is 2.44 bits per heavy atom. The second-order valence-electron chi connectivity index (χ2n) is 4.94. The van der Waals surface area contributed by atoms with Crippen molar-refractivity contribution in [1.29, 1.82) is 0 Å². The minimum absolute atomic E-state index is 0.0314. The number of hydrogen-bond donors (Lipinski definition) is 2. The number of aliphatic carboxylic acids is 1. The average molecular weight is 314 g/mol. The fraction of sp³-hybridized carbons (Fsp3) is 0.385. The van der Waals surface area contributed by atoms with E-state index >= 15 is 0 Å². The van der Waals surface area contributed by atoms with Crippen LogP contribution >= 0.6 is 15.9 Å². The normalized spacial score (nSPS) is 11.1. The van der Waals surface area contributed by atoms with Crippen LogP contribution in [0.15, 0.2) is 28.7 Å². The van der Waals surface area contributed by atoms with E-state index in [-0.39, 0.29) is 18.7 Å². The van der Waals surface area contributed by atoms with Crippen LogP contribution in [0, 0.1) is 5.41 Å². The van der Waals surface area contributed by atoms with Crippen LogP contribution in [0.25, 0.3) is 0 Å². The Kier molecular flexibility index (Phi) is 4.90. The first kappa shape index (κ1) is 14.7. The van der Waals surface area contributed by atoms with Crippen LogP contribution in [-0.2, 0) is 9.59 Å². The van der Waals surface area contributed by atoms with Gasteiger partial charge in [0, 0.05) is 10.9 Å². The van der Waals surface area contributed by atoms with Crippen molar-refractivity contribution in [1.82, 2.24) is 0 Å². The van der Waals surface area contributed by atoms with Crippen molar-refractivity contribution >= 4 is 33.5 Å². The number of benzene rings is 1. The molecule has 98 valence electrons. The lowest BCUT2D eigenvalue weighted by Gasteiger charge is -2.21. The van der Waals surface area contributed by atoms with Crippen LogP contribution in [0.5, 0.6) is 0 Å². The van der Waals surface area contributed by atoms with E-state index in [0.717, 1.165) is 4.47 Å². The lowest BCUT2D eigenvalue weighted by Crippen LogP contribution is -2.24. The number of rotatable bonds is 5. The molecule has 1 aromatic rings. The number of carbonyl (C=O) groups excluding carboxylic acids is 1. The summed E-state index contributed by atoms with van der Waals surface area (Å²) in [6.07, 6.45) is 0.136. The zero-order chi connectivity index (χ0) is 13.8. The quantitative estimate of drug-likeness (QED) is 0.876. The third-order valence-corrected chi connectivity index (χ3v) is 3.11. The summed E-state index contributed by atoms with van der Waals surface area (Å²) in [5.41, 5.74) is 0.130. The number of hydrogen-bond acceptors (Lipinski definition) is 2. The van der Waals surface area contributed by atoms with Gasteiger partial charge in [-0.25, -0.2) is 0 Å². The van der Waals surface area contributed by atoms with Gasteiger partial charge in [-0.15, -0.1) is 0 Å². The Hall–Kier alpha value is -1.36. The Labute approximate surface area is 115 Å². The van der Waals surface area contributed by atoms with Gasteiger partial charge in [0.15, 0.2) is 0 Å². The lowest BCUT2D eigenvalue weighted by atomic mass is 9.85. The molecule has 2 N–H and O–H groups in total. The van der Waals surface area contributed by atoms with E-state index in [0.29, 0.717) is 5.69 Å². The predicted octanol–water partition coefficient (Wildman–Crippen LogP) is 3.28. The van der Waals surface area contributed by atoms with Gasteiger partial charge >= 0.3 is 5.97 Å². The summed E-state index contributed by atoms with van der Waals surface area (Å²) in [4.78, 5) is 22.5. The molecule has 1 rings (SSSR count). The fourth-order valence-electron chi connectivity index (χ4n) is 1.66. The van der Waals surface area contributed by atoms with Gasteiger partial charge in [0.05, 0.1) is 12.1 Å². The Balaban J connectivity index is 2.62. The highest BCUT2D eigenvalue weighted by molar-refractivity contribution is 9.10. The number of anilines is 1. The zero-order valence-corrected chi connectivity index (χ0v) is 12.0. The molecule has 0 heterocycles. The first-order valence-electron chi connectivity index (χ1n) is 5.56. The van der Waals surface area contributed by atoms with E-state index < -0.39 is 11.4 Å². The maximum atomic E-state index is 11.8. The summed E-state index contributed by atoms with van der Waals surface area (Å²) in [5, 5.41) is 11.5. The number of nitrogens with one attached hydrogen (secondary N) is 1. The van der Waals surface area contributed by atoms with Gasteiger partial charge < -0.3 is 10.4 Å². The molecular formula is C13H16BrNO3. The van der Waals surface area contributed by atoms with Crippen molar-refractivity contribution in [3.63, 3.8) is 0 Å². The summed E-state index contributed by atoms with van der Waals surface area (Å²) >= 11 is 3.34. The van der Waals surface area contributed by atoms with E-state index in [2.05, 4.69) is 21.2 Å². The van der Waals surface area contributed by atoms with Crippen molar-refractivity contribution in [2.24, 2.45) is 5.41 Å². The maximum absolute atomic E-state index is 11.8. The molecular weight excluding hydrogens is 298 g/mol. The van der Waals surface area contributed by atoms with Crippen LogP contribution in [0.2, 0.25) is 0 Å². The third-order valence-electron chi connectivity index (χ3n) is 2.42. The number of carboxylic acid groups (broad SMARTS) is 1. The van der Waals surface area contributed by atoms with E-state index in [4.69, 9.17) is 5.11 Å². The summed E-state index contributed by atoms with van der Waals surface area (Å²) < 4.78 is 0.800. The molecule has 1 amide bonds. The number of amides is 1. The molecule has 0 aromatic heterocycles. The molecule has 0 spiro atoms. The molecule has 0 saturated heterocycles. The van der Waals surface area contributed by atoms with Crippen LogP contribution in [0.1, 0.15) is 26.7 Å². The number of halogens is 1. The summed E-state index contributed by atoms with van der Waals surface area (Å²) in [7, 11) is 0. The molecule has 1 aromatic carbocycles. The van der Waals surface area contributed by atoms with Crippen LogP contribution in [-0.4, -0.2) is 17.0 Å². The van der Waals surface area contributed by atoms with Gasteiger partial charge in [0.2, 0.25) is 5.91 Å². The standard InChI is InChI=1S/C13H16BrNO3/c1-13(2,8-12(17)18)7-11(16)15-10-6-4-3-5-9(10)14/h3-6H,7-8H2,1-2H3,(H,15,16)(H,17,18). The minimum Gasteiger partial charge on any atom is -0.481 e. The topological polar surface area (TPSA) is 66.4 Å². The van der Waals surface area contributed by atoms with Gasteiger partial charge in [-0.1, -0.05) is 26.0 Å². The van der Waals surface area contributed by atoms with Gasteiger partial charge in [-0.2, -0.15) is 0 Å². The highest BCUT2D eigenvalue weighted by atomic mass is 79.9. The highest BCUT2D eigenvalue weighted by Crippen LogP contribution is 2.27. The predicted molar refractivity (Wildman–Crippen MR) is 73.4 cm³/mol. The maximum Gasteiger partial charge on any atom is 0.303 e. The Bertz CT molecular complexity index is 457. The lowest BCUT2D eigenvalue weighted by molar-refractivity contribution is -0.139. The molecule has 0 aliphatic heterocycles. The Morgan fingerprint density at radius 1 is 1.28 bits per heavy atom. The summed E-state index contributed by atoms with van der Waals surface area (Å²) in [6.45, 7) is 3.53. The largest absolute Gasteiger partial charge is 0.481 e. The minimum atomic E-state index is -0.895. The SMILES string of the molecule is CC(C)(CC(=O)O)CC(=O)Nc1ccccc1Br. The smallest absolute Gasteiger partial charge is 0.303 e. The van der Waals surface area contributed by atoms with Crippen molar-refractivity contribution < 1.29 is 14.7 Å². The molecule has 0 fully saturated rings. The summed E-state index contributed by atoms with van der Waals surface area (Å²) in [5.74, 6) is -1.08. The van der Waals surface area contributed by atoms with Gasteiger partial charge in [0.25, 0.3) is 0 Å². The van der Waals surface area contributed by atoms with Crippen molar-refractivity contribution in [2.45, 2.75) is 26.7 Å². The molecule has 0 aliphatic rings. The highest BCUT2D eigenvalue weighted by Gasteiger charge is 2.25. The van der Waals surface area contributed by atoms with Gasteiger partial charge in [-0.3, -0.25) is 9.59 Å². The van der Waals surface area contributed by atoms with Crippen LogP contribution in [0.3, 0.4) is 0 Å². The van der Waals surface area contributed by atoms with Crippen LogP contribution < -0.4 is 5.32 Å². The van der Waals surface area contributed by atoms with E-state index in [9.17, 15) is 9.59 Å². The number of para-hydroxylation sites is 1. The molecule has 5 heteroatoms. The fourth-order valence-corrected chi connectivity index (χ4v) is 2.05. The Morgan fingerprint density at radius 2 is 1.89 bits per heavy atom. The molecule has 4 nitrogen and oxygen atoms in total. The first-order valence-corrected chi connectivity index (χ1v) is 6.36. The van der Waals surface area contributed by atoms with Crippen molar-refractivity contribution in [2.75, 3.05) is 5.32 Å². The van der Waals surface area contributed by atoms with Crippen molar-refractivity contribution in [3.8, 4) is 0 Å². The van der Waals surface area contributed by atoms with Gasteiger partial charge in [0.1, 0.15) is 0 Å².